The summed E-state index contributed by atoms with van der Waals surface area (Å²) in [6.45, 7) is 1.18. The molecule has 19 heavy (non-hydrogen) atoms. The van der Waals surface area contributed by atoms with Crippen LogP contribution >= 0.6 is 0 Å². The van der Waals surface area contributed by atoms with Crippen LogP contribution in [0.15, 0.2) is 21.9 Å². The number of nitrogens with one attached hydrogen (secondary N) is 1. The van der Waals surface area contributed by atoms with E-state index in [2.05, 4.69) is 4.98 Å². The molecule has 0 spiro atoms. The number of carbonyl (C=O) groups is 1. The molecule has 1 saturated heterocycles. The number of nitrogens with zero attached hydrogens (tertiary/aromatic N) is 1. The number of aromatic nitrogens is 2. The molecule has 1 aromatic rings. The summed E-state index contributed by atoms with van der Waals surface area (Å²) in [6.07, 6.45) is 0.136. The highest BCUT2D eigenvalue weighted by molar-refractivity contribution is 5.58. The summed E-state index contributed by atoms with van der Waals surface area (Å²) in [5.74, 6) is -0.749. The van der Waals surface area contributed by atoms with E-state index in [0.717, 1.165) is 10.6 Å². The van der Waals surface area contributed by atoms with Crippen molar-refractivity contribution in [1.29, 1.82) is 0 Å². The molecule has 1 aromatic heterocycles. The molecule has 0 radical (unpaired) electrons. The maximum Gasteiger partial charge on any atom is 0.330 e. The minimum atomic E-state index is -1.17. The van der Waals surface area contributed by atoms with Crippen molar-refractivity contribution in [2.75, 3.05) is 6.61 Å². The fourth-order valence-electron chi connectivity index (χ4n) is 2.33. The Kier molecular flexibility index (Phi) is 3.40. The molecule has 0 aromatic carbocycles. The van der Waals surface area contributed by atoms with Crippen molar-refractivity contribution in [2.24, 2.45) is 11.7 Å². The lowest BCUT2D eigenvalue weighted by Gasteiger charge is -2.28. The zero-order valence-corrected chi connectivity index (χ0v) is 10.3. The van der Waals surface area contributed by atoms with Crippen LogP contribution in [0.3, 0.4) is 0 Å². The smallest absolute Gasteiger partial charge is 0.330 e. The number of aromatic amines is 1. The first kappa shape index (κ1) is 13.7. The molecule has 1 fully saturated rings. The fourth-order valence-corrected chi connectivity index (χ4v) is 2.33. The molecular formula is C11H15N3O5. The molecule has 8 heteroatoms. The summed E-state index contributed by atoms with van der Waals surface area (Å²) >= 11 is 0. The van der Waals surface area contributed by atoms with E-state index in [0.29, 0.717) is 6.29 Å². The number of aliphatic hydroxyl groups excluding tert-OH is 1. The molecule has 4 unspecified atom stereocenters. The van der Waals surface area contributed by atoms with Crippen LogP contribution in [0, 0.1) is 5.92 Å². The van der Waals surface area contributed by atoms with Gasteiger partial charge in [0.05, 0.1) is 24.2 Å². The number of aliphatic hydroxyl groups is 1. The Bertz CT molecular complexity index is 590. The van der Waals surface area contributed by atoms with Crippen LogP contribution in [-0.4, -0.2) is 39.2 Å². The second-order valence-electron chi connectivity index (χ2n) is 4.75. The van der Waals surface area contributed by atoms with Crippen LogP contribution in [0.2, 0.25) is 0 Å². The van der Waals surface area contributed by atoms with Crippen molar-refractivity contribution >= 4 is 6.29 Å². The summed E-state index contributed by atoms with van der Waals surface area (Å²) in [4.78, 5) is 35.9. The summed E-state index contributed by atoms with van der Waals surface area (Å²) in [5.41, 5.74) is 3.67. The Balaban J connectivity index is 2.48. The number of hydrogen-bond donors (Lipinski definition) is 3. The molecule has 0 bridgehead atoms. The van der Waals surface area contributed by atoms with Gasteiger partial charge in [-0.3, -0.25) is 14.3 Å². The van der Waals surface area contributed by atoms with Gasteiger partial charge in [-0.25, -0.2) is 4.79 Å². The van der Waals surface area contributed by atoms with Crippen LogP contribution in [0.5, 0.6) is 0 Å². The normalized spacial score (nSPS) is 34.4. The Labute approximate surface area is 107 Å². The standard InChI is InChI=1S/C11H15N3O5/c1-11(12)6(4-15)7(5-16)19-9(11)14-3-2-8(17)13-10(14)18/h2-4,6-7,9,16H,5,12H2,1H3,(H,13,17,18). The SMILES string of the molecule is CC1(N)C(C=O)C(CO)OC1n1ccc(=O)[nH]c1=O. The van der Waals surface area contributed by atoms with Gasteiger partial charge >= 0.3 is 5.69 Å². The van der Waals surface area contributed by atoms with Gasteiger partial charge in [0.25, 0.3) is 5.56 Å². The molecule has 104 valence electrons. The van der Waals surface area contributed by atoms with E-state index in [4.69, 9.17) is 10.5 Å². The van der Waals surface area contributed by atoms with E-state index in [1.807, 2.05) is 0 Å². The quantitative estimate of drug-likeness (QED) is 0.542. The predicted molar refractivity (Wildman–Crippen MR) is 64.5 cm³/mol. The lowest BCUT2D eigenvalue weighted by molar-refractivity contribution is -0.114. The first-order valence-corrected chi connectivity index (χ1v) is 5.73. The highest BCUT2D eigenvalue weighted by atomic mass is 16.5. The van der Waals surface area contributed by atoms with Crippen LogP contribution in [0.25, 0.3) is 0 Å². The molecule has 2 rings (SSSR count). The van der Waals surface area contributed by atoms with E-state index in [1.165, 1.54) is 6.20 Å². The maximum absolute atomic E-state index is 11.7. The summed E-state index contributed by atoms with van der Waals surface area (Å²) in [7, 11) is 0. The lowest BCUT2D eigenvalue weighted by Crippen LogP contribution is -2.51. The molecule has 1 aliphatic rings. The van der Waals surface area contributed by atoms with E-state index < -0.39 is 35.0 Å². The molecule has 0 amide bonds. The third-order valence-corrected chi connectivity index (χ3v) is 3.38. The second-order valence-corrected chi connectivity index (χ2v) is 4.75. The number of nitrogens with two attached hydrogens (primary N) is 1. The molecule has 4 N–H and O–H groups in total. The van der Waals surface area contributed by atoms with Crippen LogP contribution < -0.4 is 17.0 Å². The summed E-state index contributed by atoms with van der Waals surface area (Å²) < 4.78 is 6.58. The van der Waals surface area contributed by atoms with Crippen LogP contribution in [-0.2, 0) is 9.53 Å². The van der Waals surface area contributed by atoms with Gasteiger partial charge in [0.1, 0.15) is 6.29 Å². The van der Waals surface area contributed by atoms with Gasteiger partial charge in [0, 0.05) is 12.3 Å². The number of carbonyl (C=O) groups excluding carboxylic acids is 1. The van der Waals surface area contributed by atoms with E-state index in [-0.39, 0.29) is 6.61 Å². The van der Waals surface area contributed by atoms with Gasteiger partial charge < -0.3 is 20.4 Å². The Hall–Kier alpha value is -1.77. The number of H-pyrrole nitrogens is 1. The summed E-state index contributed by atoms with van der Waals surface area (Å²) in [5, 5.41) is 9.19. The molecular weight excluding hydrogens is 254 g/mol. The average molecular weight is 269 g/mol. The van der Waals surface area contributed by atoms with Crippen molar-refractivity contribution in [3.8, 4) is 0 Å². The highest BCUT2D eigenvalue weighted by Gasteiger charge is 2.52. The van der Waals surface area contributed by atoms with Gasteiger partial charge in [-0.2, -0.15) is 0 Å². The molecule has 1 aliphatic heterocycles. The molecule has 0 saturated carbocycles. The fraction of sp³-hybridized carbons (Fsp3) is 0.545. The Morgan fingerprint density at radius 2 is 2.32 bits per heavy atom. The van der Waals surface area contributed by atoms with Crippen molar-refractivity contribution in [3.63, 3.8) is 0 Å². The van der Waals surface area contributed by atoms with Gasteiger partial charge in [0.2, 0.25) is 0 Å². The topological polar surface area (TPSA) is 127 Å². The van der Waals surface area contributed by atoms with Crippen molar-refractivity contribution in [1.82, 2.24) is 9.55 Å². The Morgan fingerprint density at radius 1 is 1.63 bits per heavy atom. The van der Waals surface area contributed by atoms with Crippen LogP contribution in [0.4, 0.5) is 0 Å². The van der Waals surface area contributed by atoms with E-state index >= 15 is 0 Å². The van der Waals surface area contributed by atoms with E-state index in [9.17, 15) is 19.5 Å². The van der Waals surface area contributed by atoms with Gasteiger partial charge in [0.15, 0.2) is 6.23 Å². The van der Waals surface area contributed by atoms with Crippen molar-refractivity contribution in [3.05, 3.63) is 33.1 Å². The molecule has 8 nitrogen and oxygen atoms in total. The minimum Gasteiger partial charge on any atom is -0.394 e. The number of rotatable bonds is 3. The van der Waals surface area contributed by atoms with Gasteiger partial charge in [-0.15, -0.1) is 0 Å². The minimum absolute atomic E-state index is 0.384. The number of ether oxygens (including phenoxy) is 1. The summed E-state index contributed by atoms with van der Waals surface area (Å²) in [6, 6.07) is 1.16. The maximum atomic E-state index is 11.7. The van der Waals surface area contributed by atoms with Crippen molar-refractivity contribution < 1.29 is 14.6 Å². The molecule has 2 heterocycles. The Morgan fingerprint density at radius 3 is 2.79 bits per heavy atom. The zero-order valence-electron chi connectivity index (χ0n) is 10.3. The lowest BCUT2D eigenvalue weighted by atomic mass is 9.85. The first-order chi connectivity index (χ1) is 8.91. The van der Waals surface area contributed by atoms with Gasteiger partial charge in [-0.1, -0.05) is 0 Å². The monoisotopic (exact) mass is 269 g/mol. The van der Waals surface area contributed by atoms with Gasteiger partial charge in [-0.05, 0) is 6.92 Å². The largest absolute Gasteiger partial charge is 0.394 e. The second kappa shape index (κ2) is 4.72. The highest BCUT2D eigenvalue weighted by Crippen LogP contribution is 2.38. The molecule has 4 atom stereocenters. The number of aldehydes is 1. The van der Waals surface area contributed by atoms with Crippen LogP contribution in [0.1, 0.15) is 13.2 Å². The zero-order chi connectivity index (χ0) is 14.2. The van der Waals surface area contributed by atoms with Crippen molar-refractivity contribution in [2.45, 2.75) is 24.8 Å². The predicted octanol–water partition coefficient (Wildman–Crippen LogP) is -2.04. The third kappa shape index (κ3) is 2.14. The molecule has 0 aliphatic carbocycles. The first-order valence-electron chi connectivity index (χ1n) is 5.73. The third-order valence-electron chi connectivity index (χ3n) is 3.38. The van der Waals surface area contributed by atoms with E-state index in [1.54, 1.807) is 6.92 Å². The average Bonchev–Trinajstić information content (AvgIpc) is 2.60. The number of hydrogen-bond acceptors (Lipinski definition) is 6.